The van der Waals surface area contributed by atoms with Gasteiger partial charge in [-0.3, -0.25) is 9.20 Å². The van der Waals surface area contributed by atoms with Crippen LogP contribution in [0.3, 0.4) is 0 Å². The highest BCUT2D eigenvalue weighted by Gasteiger charge is 2.16. The lowest BCUT2D eigenvalue weighted by atomic mass is 10.1. The minimum Gasteiger partial charge on any atom is -0.340 e. The number of aromatic nitrogens is 5. The standard InChI is InChI=1S/C23H18Cl2N6O/c1-12-3-4-15(16(24)9-12)19-7-5-18(26-13(2)32)23-27-14(11-31(19)23)10-21-28-17-6-8-20(25)29-22(17)30-21/h3-9,11H,10H2,1-2H3,(H,26,32)(H,28,29,30). The predicted molar refractivity (Wildman–Crippen MR) is 126 cm³/mol. The number of aromatic amines is 1. The van der Waals surface area contributed by atoms with Crippen LogP contribution in [-0.2, 0) is 11.2 Å². The molecule has 32 heavy (non-hydrogen) atoms. The van der Waals surface area contributed by atoms with Crippen molar-refractivity contribution in [1.82, 2.24) is 24.3 Å². The van der Waals surface area contributed by atoms with Crippen LogP contribution in [0.5, 0.6) is 0 Å². The Balaban J connectivity index is 1.62. The van der Waals surface area contributed by atoms with E-state index in [0.717, 1.165) is 28.0 Å². The van der Waals surface area contributed by atoms with Gasteiger partial charge in [-0.2, -0.15) is 0 Å². The smallest absolute Gasteiger partial charge is 0.221 e. The van der Waals surface area contributed by atoms with Gasteiger partial charge in [0.1, 0.15) is 11.0 Å². The molecule has 0 atom stereocenters. The summed E-state index contributed by atoms with van der Waals surface area (Å²) in [7, 11) is 0. The Morgan fingerprint density at radius 1 is 1.09 bits per heavy atom. The fraction of sp³-hybridized carbons (Fsp3) is 0.130. The number of hydrogen-bond acceptors (Lipinski definition) is 4. The molecule has 9 heteroatoms. The van der Waals surface area contributed by atoms with E-state index in [1.54, 1.807) is 6.07 Å². The number of fused-ring (bicyclic) bond motifs is 2. The lowest BCUT2D eigenvalue weighted by Crippen LogP contribution is -2.07. The van der Waals surface area contributed by atoms with Gasteiger partial charge in [0, 0.05) is 25.1 Å². The third-order valence-corrected chi connectivity index (χ3v) is 5.61. The number of nitrogens with zero attached hydrogens (tertiary/aromatic N) is 4. The van der Waals surface area contributed by atoms with Crippen LogP contribution in [0.1, 0.15) is 24.0 Å². The molecule has 0 radical (unpaired) electrons. The lowest BCUT2D eigenvalue weighted by Gasteiger charge is -2.11. The van der Waals surface area contributed by atoms with Crippen LogP contribution in [0.2, 0.25) is 10.2 Å². The van der Waals surface area contributed by atoms with Gasteiger partial charge in [-0.05, 0) is 42.8 Å². The van der Waals surface area contributed by atoms with E-state index < -0.39 is 0 Å². The van der Waals surface area contributed by atoms with Crippen LogP contribution in [0, 0.1) is 6.92 Å². The highest BCUT2D eigenvalue weighted by Crippen LogP contribution is 2.32. The molecule has 5 aromatic rings. The van der Waals surface area contributed by atoms with Crippen LogP contribution in [0.25, 0.3) is 28.1 Å². The molecule has 0 aliphatic heterocycles. The molecule has 5 rings (SSSR count). The van der Waals surface area contributed by atoms with Crippen LogP contribution in [0.4, 0.5) is 5.69 Å². The summed E-state index contributed by atoms with van der Waals surface area (Å²) < 4.78 is 1.94. The Hall–Kier alpha value is -3.42. The van der Waals surface area contributed by atoms with E-state index in [1.165, 1.54) is 6.92 Å². The highest BCUT2D eigenvalue weighted by molar-refractivity contribution is 6.33. The molecule has 0 bridgehead atoms. The number of halogens is 2. The maximum atomic E-state index is 11.7. The van der Waals surface area contributed by atoms with Crippen LogP contribution in [0.15, 0.2) is 48.7 Å². The molecule has 2 N–H and O–H groups in total. The van der Waals surface area contributed by atoms with E-state index in [-0.39, 0.29) is 5.91 Å². The highest BCUT2D eigenvalue weighted by atomic mass is 35.5. The van der Waals surface area contributed by atoms with Gasteiger partial charge >= 0.3 is 0 Å². The molecule has 1 aromatic carbocycles. The Bertz CT molecular complexity index is 1500. The molecule has 1 amide bonds. The number of hydrogen-bond donors (Lipinski definition) is 2. The van der Waals surface area contributed by atoms with Crippen molar-refractivity contribution in [3.05, 3.63) is 75.9 Å². The van der Waals surface area contributed by atoms with E-state index in [4.69, 9.17) is 28.2 Å². The van der Waals surface area contributed by atoms with Crippen molar-refractivity contribution < 1.29 is 4.79 Å². The Labute approximate surface area is 193 Å². The minimum absolute atomic E-state index is 0.169. The van der Waals surface area contributed by atoms with E-state index >= 15 is 0 Å². The first kappa shape index (κ1) is 20.5. The number of aryl methyl sites for hydroxylation is 1. The molecule has 0 aliphatic carbocycles. The summed E-state index contributed by atoms with van der Waals surface area (Å²) in [4.78, 5) is 28.5. The van der Waals surface area contributed by atoms with Gasteiger partial charge in [0.2, 0.25) is 5.91 Å². The molecule has 0 spiro atoms. The van der Waals surface area contributed by atoms with Gasteiger partial charge in [0.15, 0.2) is 11.3 Å². The van der Waals surface area contributed by atoms with Crippen molar-refractivity contribution in [1.29, 1.82) is 0 Å². The monoisotopic (exact) mass is 464 g/mol. The number of nitrogens with one attached hydrogen (secondary N) is 2. The zero-order chi connectivity index (χ0) is 22.4. The average Bonchev–Trinajstić information content (AvgIpc) is 3.32. The Morgan fingerprint density at radius 3 is 2.72 bits per heavy atom. The summed E-state index contributed by atoms with van der Waals surface area (Å²) in [6.45, 7) is 3.47. The molecule has 0 unspecified atom stereocenters. The van der Waals surface area contributed by atoms with Crippen molar-refractivity contribution in [2.24, 2.45) is 0 Å². The van der Waals surface area contributed by atoms with Crippen molar-refractivity contribution in [2.45, 2.75) is 20.3 Å². The van der Waals surface area contributed by atoms with Crippen molar-refractivity contribution in [3.8, 4) is 11.3 Å². The largest absolute Gasteiger partial charge is 0.340 e. The molecule has 4 aromatic heterocycles. The second kappa shape index (κ2) is 7.93. The number of anilines is 1. The summed E-state index contributed by atoms with van der Waals surface area (Å²) in [5, 5.41) is 3.89. The van der Waals surface area contributed by atoms with Crippen LogP contribution >= 0.6 is 23.2 Å². The van der Waals surface area contributed by atoms with Crippen LogP contribution < -0.4 is 5.32 Å². The molecule has 160 valence electrons. The third kappa shape index (κ3) is 3.81. The third-order valence-electron chi connectivity index (χ3n) is 5.08. The summed E-state index contributed by atoms with van der Waals surface area (Å²) in [6.07, 6.45) is 2.38. The van der Waals surface area contributed by atoms with Crippen molar-refractivity contribution in [2.75, 3.05) is 5.32 Å². The number of carbonyl (C=O) groups is 1. The molecular weight excluding hydrogens is 447 g/mol. The number of pyridine rings is 2. The number of H-pyrrole nitrogens is 1. The maximum absolute atomic E-state index is 11.7. The van der Waals surface area contributed by atoms with Gasteiger partial charge in [-0.1, -0.05) is 35.3 Å². The van der Waals surface area contributed by atoms with E-state index in [0.29, 0.717) is 39.4 Å². The first-order valence-corrected chi connectivity index (χ1v) is 10.7. The van der Waals surface area contributed by atoms with E-state index in [9.17, 15) is 4.79 Å². The number of amides is 1. The summed E-state index contributed by atoms with van der Waals surface area (Å²) in [5.74, 6) is 0.548. The van der Waals surface area contributed by atoms with Gasteiger partial charge < -0.3 is 10.3 Å². The minimum atomic E-state index is -0.169. The lowest BCUT2D eigenvalue weighted by molar-refractivity contribution is -0.114. The zero-order valence-electron chi connectivity index (χ0n) is 17.3. The van der Waals surface area contributed by atoms with Crippen LogP contribution in [-0.4, -0.2) is 30.2 Å². The summed E-state index contributed by atoms with van der Waals surface area (Å²) in [5.41, 5.74) is 6.21. The molecule has 7 nitrogen and oxygen atoms in total. The first-order chi connectivity index (χ1) is 15.4. The van der Waals surface area contributed by atoms with E-state index in [2.05, 4.69) is 20.3 Å². The van der Waals surface area contributed by atoms with Gasteiger partial charge in [0.25, 0.3) is 0 Å². The Morgan fingerprint density at radius 2 is 1.94 bits per heavy atom. The maximum Gasteiger partial charge on any atom is 0.221 e. The fourth-order valence-corrected chi connectivity index (χ4v) is 4.19. The molecule has 0 aliphatic rings. The topological polar surface area (TPSA) is 88.0 Å². The number of rotatable bonds is 4. The first-order valence-electron chi connectivity index (χ1n) is 9.93. The van der Waals surface area contributed by atoms with Crippen molar-refractivity contribution >= 4 is 51.6 Å². The van der Waals surface area contributed by atoms with Gasteiger partial charge in [-0.15, -0.1) is 0 Å². The number of carbonyl (C=O) groups excluding carboxylic acids is 1. The quantitative estimate of drug-likeness (QED) is 0.346. The molecule has 0 saturated carbocycles. The predicted octanol–water partition coefficient (Wildman–Crippen LogP) is 5.44. The molecule has 0 saturated heterocycles. The molecule has 4 heterocycles. The van der Waals surface area contributed by atoms with Gasteiger partial charge in [-0.25, -0.2) is 15.0 Å². The number of benzene rings is 1. The summed E-state index contributed by atoms with van der Waals surface area (Å²) >= 11 is 12.5. The zero-order valence-corrected chi connectivity index (χ0v) is 18.8. The normalized spacial score (nSPS) is 11.4. The van der Waals surface area contributed by atoms with E-state index in [1.807, 2.05) is 53.9 Å². The Kier molecular flexibility index (Phi) is 5.07. The summed E-state index contributed by atoms with van der Waals surface area (Å²) in [6, 6.07) is 13.2. The average molecular weight is 465 g/mol. The van der Waals surface area contributed by atoms with Crippen molar-refractivity contribution in [3.63, 3.8) is 0 Å². The molecule has 0 fully saturated rings. The number of imidazole rings is 2. The molecular formula is C23H18Cl2N6O. The second-order valence-electron chi connectivity index (χ2n) is 7.59. The SMILES string of the molecule is CC(=O)Nc1ccc(-c2ccc(C)cc2Cl)n2cc(Cc3nc4nc(Cl)ccc4[nH]3)nc12. The van der Waals surface area contributed by atoms with Gasteiger partial charge in [0.05, 0.1) is 27.6 Å². The second-order valence-corrected chi connectivity index (χ2v) is 8.38. The fourth-order valence-electron chi connectivity index (χ4n) is 3.71.